The Bertz CT molecular complexity index is 935. The van der Waals surface area contributed by atoms with Crippen LogP contribution in [0.25, 0.3) is 0 Å². The second-order valence-corrected chi connectivity index (χ2v) is 7.52. The number of rotatable bonds is 8. The van der Waals surface area contributed by atoms with Gasteiger partial charge >= 0.3 is 6.03 Å². The first-order chi connectivity index (χ1) is 13.8. The molecule has 1 aromatic heterocycles. The molecule has 1 saturated heterocycles. The van der Waals surface area contributed by atoms with Gasteiger partial charge in [0.1, 0.15) is 5.54 Å². The van der Waals surface area contributed by atoms with Crippen LogP contribution in [-0.2, 0) is 21.6 Å². The van der Waals surface area contributed by atoms with Crippen molar-refractivity contribution < 1.29 is 19.1 Å². The normalized spacial score (nSPS) is 19.0. The Labute approximate surface area is 170 Å². The van der Waals surface area contributed by atoms with E-state index in [0.29, 0.717) is 17.7 Å². The lowest BCUT2D eigenvalue weighted by Crippen LogP contribution is -2.41. The fourth-order valence-electron chi connectivity index (χ4n) is 3.83. The third-order valence-corrected chi connectivity index (χ3v) is 5.53. The molecule has 0 saturated carbocycles. The van der Waals surface area contributed by atoms with Crippen molar-refractivity contribution in [3.63, 3.8) is 0 Å². The fraction of sp³-hybridized carbons (Fsp3) is 0.409. The zero-order chi connectivity index (χ0) is 21.2. The minimum absolute atomic E-state index is 0.253. The molecule has 2 aromatic rings. The van der Waals surface area contributed by atoms with Crippen LogP contribution >= 0.6 is 0 Å². The standard InChI is InChI=1S/C22H27N3O4/c1-15-13-18(16(2)24(15)11-8-12-29-4)19(26)14-25-20(27)22(3,23-21(25)28)17-9-6-5-7-10-17/h5-7,9-10,13H,8,11-12,14H2,1-4H3,(H,23,28)/t22-/m1/s1. The third kappa shape index (κ3) is 3.82. The summed E-state index contributed by atoms with van der Waals surface area (Å²) in [5, 5.41) is 2.73. The topological polar surface area (TPSA) is 80.6 Å². The van der Waals surface area contributed by atoms with Gasteiger partial charge in [-0.3, -0.25) is 14.5 Å². The molecular formula is C22H27N3O4. The van der Waals surface area contributed by atoms with Crippen LogP contribution in [0.4, 0.5) is 4.79 Å². The van der Waals surface area contributed by atoms with Gasteiger partial charge in [0, 0.05) is 37.2 Å². The van der Waals surface area contributed by atoms with E-state index in [9.17, 15) is 14.4 Å². The Morgan fingerprint density at radius 1 is 1.17 bits per heavy atom. The Hall–Kier alpha value is -2.93. The van der Waals surface area contributed by atoms with Gasteiger partial charge in [0.05, 0.1) is 6.54 Å². The number of urea groups is 1. The number of amides is 3. The average molecular weight is 397 g/mol. The number of nitrogens with one attached hydrogen (secondary N) is 1. The van der Waals surface area contributed by atoms with E-state index < -0.39 is 17.5 Å². The van der Waals surface area contributed by atoms with Crippen LogP contribution in [0.2, 0.25) is 0 Å². The lowest BCUT2D eigenvalue weighted by atomic mass is 9.92. The Balaban J connectivity index is 1.78. The van der Waals surface area contributed by atoms with Crippen molar-refractivity contribution >= 4 is 17.7 Å². The molecule has 0 aliphatic carbocycles. The highest BCUT2D eigenvalue weighted by Crippen LogP contribution is 2.29. The van der Waals surface area contributed by atoms with E-state index >= 15 is 0 Å². The van der Waals surface area contributed by atoms with Crippen molar-refractivity contribution in [1.82, 2.24) is 14.8 Å². The smallest absolute Gasteiger partial charge is 0.325 e. The maximum atomic E-state index is 13.0. The molecule has 0 unspecified atom stereocenters. The van der Waals surface area contributed by atoms with Gasteiger partial charge < -0.3 is 14.6 Å². The van der Waals surface area contributed by atoms with Gasteiger partial charge in [-0.1, -0.05) is 30.3 Å². The number of Topliss-reactive ketones (excluding diaryl/α,β-unsaturated/α-hetero) is 1. The molecule has 0 spiro atoms. The molecule has 0 radical (unpaired) electrons. The highest BCUT2D eigenvalue weighted by atomic mass is 16.5. The van der Waals surface area contributed by atoms with Crippen molar-refractivity contribution in [2.45, 2.75) is 39.3 Å². The van der Waals surface area contributed by atoms with Crippen molar-refractivity contribution in [2.75, 3.05) is 20.3 Å². The summed E-state index contributed by atoms with van der Waals surface area (Å²) in [6, 6.07) is 10.3. The highest BCUT2D eigenvalue weighted by Gasteiger charge is 2.49. The Kier molecular flexibility index (Phi) is 5.88. The summed E-state index contributed by atoms with van der Waals surface area (Å²) < 4.78 is 7.16. The number of carbonyl (C=O) groups is 3. The maximum Gasteiger partial charge on any atom is 0.325 e. The number of nitrogens with zero attached hydrogens (tertiary/aromatic N) is 2. The van der Waals surface area contributed by atoms with E-state index in [-0.39, 0.29) is 12.3 Å². The van der Waals surface area contributed by atoms with Crippen LogP contribution < -0.4 is 5.32 Å². The number of ether oxygens (including phenoxy) is 1. The van der Waals surface area contributed by atoms with Crippen LogP contribution in [0.1, 0.15) is 40.7 Å². The van der Waals surface area contributed by atoms with E-state index in [4.69, 9.17) is 4.74 Å². The second kappa shape index (κ2) is 8.21. The van der Waals surface area contributed by atoms with Crippen molar-refractivity contribution in [3.05, 3.63) is 58.9 Å². The summed E-state index contributed by atoms with van der Waals surface area (Å²) in [6.45, 7) is 6.59. The SMILES string of the molecule is COCCCn1c(C)cc(C(=O)CN2C(=O)N[C@](C)(c3ccccc3)C2=O)c1C. The molecule has 1 aliphatic rings. The van der Waals surface area contributed by atoms with Crippen LogP contribution in [0.15, 0.2) is 36.4 Å². The number of carbonyl (C=O) groups excluding carboxylic acids is 3. The summed E-state index contributed by atoms with van der Waals surface area (Å²) in [5.41, 5.74) is 1.85. The molecule has 0 bridgehead atoms. The van der Waals surface area contributed by atoms with E-state index in [1.165, 1.54) is 0 Å². The van der Waals surface area contributed by atoms with E-state index in [0.717, 1.165) is 29.3 Å². The van der Waals surface area contributed by atoms with Crippen molar-refractivity contribution in [3.8, 4) is 0 Å². The molecule has 2 heterocycles. The number of aromatic nitrogens is 1. The summed E-state index contributed by atoms with van der Waals surface area (Å²) in [6.07, 6.45) is 0.836. The fourth-order valence-corrected chi connectivity index (χ4v) is 3.83. The molecule has 1 atom stereocenters. The molecule has 29 heavy (non-hydrogen) atoms. The van der Waals surface area contributed by atoms with E-state index in [2.05, 4.69) is 9.88 Å². The van der Waals surface area contributed by atoms with Gasteiger partial charge in [-0.15, -0.1) is 0 Å². The summed E-state index contributed by atoms with van der Waals surface area (Å²) in [4.78, 5) is 39.5. The number of benzene rings is 1. The molecule has 7 heteroatoms. The molecule has 7 nitrogen and oxygen atoms in total. The molecule has 3 rings (SSSR count). The van der Waals surface area contributed by atoms with Crippen LogP contribution in [0.3, 0.4) is 0 Å². The predicted octanol–water partition coefficient (Wildman–Crippen LogP) is 2.79. The number of hydrogen-bond donors (Lipinski definition) is 1. The van der Waals surface area contributed by atoms with Crippen LogP contribution in [-0.4, -0.2) is 47.4 Å². The largest absolute Gasteiger partial charge is 0.385 e. The summed E-state index contributed by atoms with van der Waals surface area (Å²) >= 11 is 0. The first-order valence-corrected chi connectivity index (χ1v) is 9.68. The van der Waals surface area contributed by atoms with Gasteiger partial charge in [0.2, 0.25) is 0 Å². The van der Waals surface area contributed by atoms with Gasteiger partial charge in [0.15, 0.2) is 5.78 Å². The maximum absolute atomic E-state index is 13.0. The number of ketones is 1. The third-order valence-electron chi connectivity index (χ3n) is 5.53. The van der Waals surface area contributed by atoms with Crippen molar-refractivity contribution in [1.29, 1.82) is 0 Å². The van der Waals surface area contributed by atoms with Crippen molar-refractivity contribution in [2.24, 2.45) is 0 Å². The lowest BCUT2D eigenvalue weighted by Gasteiger charge is -2.22. The molecule has 3 amide bonds. The van der Waals surface area contributed by atoms with E-state index in [1.807, 2.05) is 38.1 Å². The zero-order valence-corrected chi connectivity index (χ0v) is 17.3. The highest BCUT2D eigenvalue weighted by molar-refractivity contribution is 6.11. The van der Waals surface area contributed by atoms with Gasteiger partial charge in [-0.05, 0) is 38.8 Å². The quantitative estimate of drug-likeness (QED) is 0.422. The van der Waals surface area contributed by atoms with Gasteiger partial charge in [-0.2, -0.15) is 0 Å². The van der Waals surface area contributed by atoms with Crippen LogP contribution in [0.5, 0.6) is 0 Å². The summed E-state index contributed by atoms with van der Waals surface area (Å²) in [7, 11) is 1.66. The first-order valence-electron chi connectivity index (χ1n) is 9.68. The molecule has 1 aromatic carbocycles. The molecule has 154 valence electrons. The average Bonchev–Trinajstić information content (AvgIpc) is 3.11. The molecule has 1 aliphatic heterocycles. The Morgan fingerprint density at radius 3 is 2.52 bits per heavy atom. The monoisotopic (exact) mass is 397 g/mol. The first kappa shape index (κ1) is 20.8. The minimum atomic E-state index is -1.17. The van der Waals surface area contributed by atoms with E-state index in [1.54, 1.807) is 26.2 Å². The Morgan fingerprint density at radius 2 is 1.86 bits per heavy atom. The number of methoxy groups -OCH3 is 1. The summed E-state index contributed by atoms with van der Waals surface area (Å²) in [5.74, 6) is -0.673. The molecule has 1 N–H and O–H groups in total. The predicted molar refractivity (Wildman–Crippen MR) is 109 cm³/mol. The zero-order valence-electron chi connectivity index (χ0n) is 17.3. The van der Waals surface area contributed by atoms with Crippen LogP contribution in [0, 0.1) is 13.8 Å². The number of imide groups is 1. The molecular weight excluding hydrogens is 370 g/mol. The van der Waals surface area contributed by atoms with Gasteiger partial charge in [-0.25, -0.2) is 4.79 Å². The number of hydrogen-bond acceptors (Lipinski definition) is 4. The van der Waals surface area contributed by atoms with Gasteiger partial charge in [0.25, 0.3) is 5.91 Å². The second-order valence-electron chi connectivity index (χ2n) is 7.52. The minimum Gasteiger partial charge on any atom is -0.385 e. The number of aryl methyl sites for hydroxylation is 1. The lowest BCUT2D eigenvalue weighted by molar-refractivity contribution is -0.130. The molecule has 1 fully saturated rings.